The molecule has 190 valence electrons. The van der Waals surface area contributed by atoms with Gasteiger partial charge >= 0.3 is 6.01 Å². The van der Waals surface area contributed by atoms with E-state index in [0.717, 1.165) is 43.4 Å². The van der Waals surface area contributed by atoms with Gasteiger partial charge in [-0.15, -0.1) is 0 Å². The number of H-pyrrole nitrogens is 1. The highest BCUT2D eigenvalue weighted by molar-refractivity contribution is 5.93. The number of anilines is 1. The summed E-state index contributed by atoms with van der Waals surface area (Å²) in [7, 11) is 1.79. The lowest BCUT2D eigenvalue weighted by atomic mass is 9.92. The van der Waals surface area contributed by atoms with E-state index in [1.807, 2.05) is 33.2 Å². The van der Waals surface area contributed by atoms with Gasteiger partial charge in [-0.3, -0.25) is 9.89 Å². The maximum Gasteiger partial charge on any atom is 0.319 e. The molecule has 2 N–H and O–H groups in total. The van der Waals surface area contributed by atoms with E-state index in [9.17, 15) is 4.79 Å². The van der Waals surface area contributed by atoms with E-state index in [1.54, 1.807) is 13.1 Å². The summed E-state index contributed by atoms with van der Waals surface area (Å²) >= 11 is 0. The minimum Gasteiger partial charge on any atom is -0.463 e. The van der Waals surface area contributed by atoms with Crippen LogP contribution in [0.1, 0.15) is 62.1 Å². The quantitative estimate of drug-likeness (QED) is 0.482. The van der Waals surface area contributed by atoms with Crippen LogP contribution in [0.4, 0.5) is 5.82 Å². The fraction of sp³-hybridized carbons (Fsp3) is 0.560. The van der Waals surface area contributed by atoms with E-state index in [1.165, 1.54) is 6.33 Å². The largest absolute Gasteiger partial charge is 0.463 e. The summed E-state index contributed by atoms with van der Waals surface area (Å²) in [5, 5.41) is 11.4. The summed E-state index contributed by atoms with van der Waals surface area (Å²) in [6.45, 7) is 7.92. The summed E-state index contributed by atoms with van der Waals surface area (Å²) in [4.78, 5) is 36.8. The Morgan fingerprint density at radius 1 is 1.31 bits per heavy atom. The van der Waals surface area contributed by atoms with Gasteiger partial charge in [0.25, 0.3) is 5.91 Å². The molecule has 0 spiro atoms. The molecule has 4 heterocycles. The summed E-state index contributed by atoms with van der Waals surface area (Å²) in [6.07, 6.45) is 8.17. The standard InChI is InChI=1S/C25H33N9O2/c1-25(2,3)31-23(35)19-10-20(30-24(29-19)36-13-17-9-16(17)11-26-4)34-7-5-15(6-8-34)21-18-12-27-14-28-22(18)33-32-21/h10-12,14-17H,5-9,13H2,1-4H3,(H,31,35)(H,27,28,32,33)/t16-,17+/m0/s1. The first-order valence-electron chi connectivity index (χ1n) is 12.5. The van der Waals surface area contributed by atoms with E-state index in [-0.39, 0.29) is 17.5 Å². The van der Waals surface area contributed by atoms with Gasteiger partial charge in [-0.25, -0.2) is 9.97 Å². The molecule has 1 amide bonds. The third-order valence-corrected chi connectivity index (χ3v) is 6.65. The van der Waals surface area contributed by atoms with Crippen molar-refractivity contribution < 1.29 is 9.53 Å². The number of carbonyl (C=O) groups is 1. The predicted molar refractivity (Wildman–Crippen MR) is 137 cm³/mol. The SMILES string of the molecule is CN=C[C@@H]1C[C@@H]1COc1nc(C(=O)NC(C)(C)C)cc(N2CCC(c3[nH]nc4ncncc34)CC2)n1. The molecular weight excluding hydrogens is 458 g/mol. The summed E-state index contributed by atoms with van der Waals surface area (Å²) in [6, 6.07) is 2.00. The average molecular weight is 492 g/mol. The molecule has 0 unspecified atom stereocenters. The highest BCUT2D eigenvalue weighted by atomic mass is 16.5. The number of aromatic nitrogens is 6. The Labute approximate surface area is 210 Å². The third kappa shape index (κ3) is 5.44. The lowest BCUT2D eigenvalue weighted by Crippen LogP contribution is -2.41. The number of piperidine rings is 1. The second kappa shape index (κ2) is 9.79. The summed E-state index contributed by atoms with van der Waals surface area (Å²) in [5.41, 5.74) is 1.71. The smallest absolute Gasteiger partial charge is 0.319 e. The number of nitrogens with zero attached hydrogens (tertiary/aromatic N) is 7. The Morgan fingerprint density at radius 3 is 2.86 bits per heavy atom. The second-order valence-corrected chi connectivity index (χ2v) is 10.6. The van der Waals surface area contributed by atoms with Gasteiger partial charge in [-0.1, -0.05) is 0 Å². The molecule has 2 fully saturated rings. The first kappa shape index (κ1) is 24.1. The van der Waals surface area contributed by atoms with Crippen molar-refractivity contribution >= 4 is 29.0 Å². The van der Waals surface area contributed by atoms with Crippen molar-refractivity contribution in [2.75, 3.05) is 31.6 Å². The van der Waals surface area contributed by atoms with Crippen LogP contribution in [0.3, 0.4) is 0 Å². The zero-order valence-corrected chi connectivity index (χ0v) is 21.2. The Bertz CT molecular complexity index is 1260. The van der Waals surface area contributed by atoms with Gasteiger partial charge in [0.2, 0.25) is 0 Å². The normalized spacial score (nSPS) is 20.7. The second-order valence-electron chi connectivity index (χ2n) is 10.6. The highest BCUT2D eigenvalue weighted by Crippen LogP contribution is 2.37. The first-order valence-corrected chi connectivity index (χ1v) is 12.5. The number of amides is 1. The number of aliphatic imine (C=N–C) groups is 1. The number of hydrogen-bond acceptors (Lipinski definition) is 9. The zero-order chi connectivity index (χ0) is 25.3. The molecule has 11 heteroatoms. The topological polar surface area (TPSA) is 134 Å². The first-order chi connectivity index (χ1) is 17.3. The minimum atomic E-state index is -0.376. The van der Waals surface area contributed by atoms with Crippen LogP contribution in [0, 0.1) is 11.8 Å². The molecule has 2 aliphatic rings. The van der Waals surface area contributed by atoms with Crippen LogP contribution in [-0.4, -0.2) is 74.5 Å². The molecule has 1 aliphatic heterocycles. The van der Waals surface area contributed by atoms with E-state index >= 15 is 0 Å². The zero-order valence-electron chi connectivity index (χ0n) is 21.2. The van der Waals surface area contributed by atoms with Crippen LogP contribution in [-0.2, 0) is 0 Å². The number of aromatic amines is 1. The van der Waals surface area contributed by atoms with Crippen LogP contribution >= 0.6 is 0 Å². The maximum absolute atomic E-state index is 13.0. The predicted octanol–water partition coefficient (Wildman–Crippen LogP) is 2.77. The molecule has 0 radical (unpaired) electrons. The molecular formula is C25H33N9O2. The lowest BCUT2D eigenvalue weighted by molar-refractivity contribution is 0.0912. The number of nitrogens with one attached hydrogen (secondary N) is 2. The molecule has 1 aliphatic carbocycles. The Balaban J connectivity index is 1.32. The van der Waals surface area contributed by atoms with Crippen LogP contribution in [0.5, 0.6) is 6.01 Å². The van der Waals surface area contributed by atoms with E-state index in [4.69, 9.17) is 4.74 Å². The van der Waals surface area contributed by atoms with Gasteiger partial charge in [0.05, 0.1) is 12.0 Å². The summed E-state index contributed by atoms with van der Waals surface area (Å²) in [5.74, 6) is 1.65. The van der Waals surface area contributed by atoms with Crippen LogP contribution in [0.2, 0.25) is 0 Å². The molecule has 0 aromatic carbocycles. The van der Waals surface area contributed by atoms with Crippen molar-refractivity contribution in [3.05, 3.63) is 30.0 Å². The van der Waals surface area contributed by atoms with Crippen LogP contribution in [0.15, 0.2) is 23.6 Å². The van der Waals surface area contributed by atoms with Crippen molar-refractivity contribution in [2.24, 2.45) is 16.8 Å². The molecule has 0 bridgehead atoms. The van der Waals surface area contributed by atoms with Crippen molar-refractivity contribution in [3.8, 4) is 6.01 Å². The van der Waals surface area contributed by atoms with Gasteiger partial charge in [-0.05, 0) is 40.0 Å². The molecule has 11 nitrogen and oxygen atoms in total. The van der Waals surface area contributed by atoms with E-state index in [0.29, 0.717) is 41.5 Å². The van der Waals surface area contributed by atoms with Crippen molar-refractivity contribution in [3.63, 3.8) is 0 Å². The number of ether oxygens (including phenoxy) is 1. The van der Waals surface area contributed by atoms with Crippen molar-refractivity contribution in [1.29, 1.82) is 0 Å². The third-order valence-electron chi connectivity index (χ3n) is 6.65. The van der Waals surface area contributed by atoms with Gasteiger partial charge < -0.3 is 19.9 Å². The fourth-order valence-electron chi connectivity index (χ4n) is 4.66. The summed E-state index contributed by atoms with van der Waals surface area (Å²) < 4.78 is 5.97. The van der Waals surface area contributed by atoms with Crippen LogP contribution < -0.4 is 15.0 Å². The molecule has 1 saturated heterocycles. The Hall–Kier alpha value is -3.63. The maximum atomic E-state index is 13.0. The van der Waals surface area contributed by atoms with E-state index < -0.39 is 0 Å². The number of fused-ring (bicyclic) bond motifs is 1. The molecule has 2 atom stereocenters. The molecule has 5 rings (SSSR count). The van der Waals surface area contributed by atoms with E-state index in [2.05, 4.69) is 45.3 Å². The fourth-order valence-corrected chi connectivity index (χ4v) is 4.66. The monoisotopic (exact) mass is 491 g/mol. The van der Waals surface area contributed by atoms with Crippen LogP contribution in [0.25, 0.3) is 11.0 Å². The Morgan fingerprint density at radius 2 is 2.11 bits per heavy atom. The number of rotatable bonds is 7. The molecule has 3 aromatic heterocycles. The molecule has 1 saturated carbocycles. The van der Waals surface area contributed by atoms with Gasteiger partial charge in [0.1, 0.15) is 17.8 Å². The molecule has 3 aromatic rings. The van der Waals surface area contributed by atoms with Gasteiger partial charge in [-0.2, -0.15) is 15.1 Å². The highest BCUT2D eigenvalue weighted by Gasteiger charge is 2.36. The number of carbonyl (C=O) groups excluding carboxylic acids is 1. The number of hydrogen-bond donors (Lipinski definition) is 2. The van der Waals surface area contributed by atoms with Gasteiger partial charge in [0.15, 0.2) is 5.65 Å². The van der Waals surface area contributed by atoms with Crippen molar-refractivity contribution in [2.45, 2.75) is 51.5 Å². The molecule has 36 heavy (non-hydrogen) atoms. The van der Waals surface area contributed by atoms with Crippen molar-refractivity contribution in [1.82, 2.24) is 35.5 Å². The lowest BCUT2D eigenvalue weighted by Gasteiger charge is -2.32. The minimum absolute atomic E-state index is 0.239. The Kier molecular flexibility index (Phi) is 6.55. The average Bonchev–Trinajstić information content (AvgIpc) is 3.46. The van der Waals surface area contributed by atoms with Gasteiger partial charge in [0, 0.05) is 67.6 Å².